The number of halogens is 2. The van der Waals surface area contributed by atoms with E-state index >= 15 is 0 Å². The van der Waals surface area contributed by atoms with Crippen LogP contribution in [0.1, 0.15) is 6.92 Å². The minimum absolute atomic E-state index is 0.227. The molecule has 0 aliphatic carbocycles. The van der Waals surface area contributed by atoms with Crippen LogP contribution in [0.2, 0.25) is 0 Å². The van der Waals surface area contributed by atoms with Crippen LogP contribution in [0.5, 0.6) is 0 Å². The zero-order chi connectivity index (χ0) is 29.7. The fourth-order valence-electron chi connectivity index (χ4n) is 3.62. The molecule has 0 aliphatic heterocycles. The van der Waals surface area contributed by atoms with Crippen LogP contribution in [0, 0.1) is 11.6 Å². The second-order valence-corrected chi connectivity index (χ2v) is 8.80. The summed E-state index contributed by atoms with van der Waals surface area (Å²) in [6.45, 7) is 1.42. The van der Waals surface area contributed by atoms with E-state index in [9.17, 15) is 23.2 Å². The largest absolute Gasteiger partial charge is 0.479 e. The number of carbonyl (C=O) groups is 3. The van der Waals surface area contributed by atoms with Crippen molar-refractivity contribution in [2.24, 2.45) is 0 Å². The van der Waals surface area contributed by atoms with Gasteiger partial charge in [0.1, 0.15) is 0 Å². The number of amides is 1. The fourth-order valence-corrected chi connectivity index (χ4v) is 3.62. The molecule has 0 aliphatic rings. The molecule has 13 heteroatoms. The van der Waals surface area contributed by atoms with Crippen LogP contribution < -0.4 is 10.2 Å². The first-order chi connectivity index (χ1) is 18.8. The molecule has 0 saturated heterocycles. The van der Waals surface area contributed by atoms with Crippen LogP contribution in [0.4, 0.5) is 20.2 Å². The number of pyridine rings is 1. The van der Waals surface area contributed by atoms with E-state index < -0.39 is 35.8 Å². The number of aliphatic carboxylic acids is 2. The predicted molar refractivity (Wildman–Crippen MR) is 142 cm³/mol. The summed E-state index contributed by atoms with van der Waals surface area (Å²) in [5, 5.41) is 35.3. The number of nitrogens with one attached hydrogen (secondary N) is 1. The van der Waals surface area contributed by atoms with Crippen molar-refractivity contribution >= 4 is 34.9 Å². The number of hydrogen-bond acceptors (Lipinski definition) is 7. The maximum absolute atomic E-state index is 13.8. The number of aliphatic hydroxyl groups is 2. The number of fused-ring (bicyclic) bond motifs is 1. The van der Waals surface area contributed by atoms with Crippen molar-refractivity contribution in [3.8, 4) is 22.4 Å². The van der Waals surface area contributed by atoms with Crippen molar-refractivity contribution in [3.63, 3.8) is 0 Å². The molecule has 0 radical (unpaired) electrons. The second kappa shape index (κ2) is 12.3. The number of anilines is 2. The van der Waals surface area contributed by atoms with Gasteiger partial charge in [-0.2, -0.15) is 0 Å². The predicted octanol–water partition coefficient (Wildman–Crippen LogP) is 2.85. The van der Waals surface area contributed by atoms with Gasteiger partial charge in [-0.1, -0.05) is 12.1 Å². The third kappa shape index (κ3) is 6.76. The average Bonchev–Trinajstić information content (AvgIpc) is 3.33. The Morgan fingerprint density at radius 1 is 0.875 bits per heavy atom. The summed E-state index contributed by atoms with van der Waals surface area (Å²) in [4.78, 5) is 37.7. The van der Waals surface area contributed by atoms with Crippen molar-refractivity contribution in [1.29, 1.82) is 0 Å². The van der Waals surface area contributed by atoms with Crippen LogP contribution in [0.3, 0.4) is 0 Å². The van der Waals surface area contributed by atoms with Crippen molar-refractivity contribution in [1.82, 2.24) is 9.38 Å². The monoisotopic (exact) mass is 556 g/mol. The van der Waals surface area contributed by atoms with Crippen LogP contribution in [-0.4, -0.2) is 74.0 Å². The van der Waals surface area contributed by atoms with E-state index in [1.165, 1.54) is 13.0 Å². The van der Waals surface area contributed by atoms with Crippen molar-refractivity contribution in [3.05, 3.63) is 72.6 Å². The molecule has 2 heterocycles. The molecule has 40 heavy (non-hydrogen) atoms. The maximum Gasteiger partial charge on any atom is 0.335 e. The molecule has 0 unspecified atom stereocenters. The standard InChI is InChI=1S/C23H20F2N4O.C4H6O6/c1-14(30)27-21-11-17(15-4-7-18(8-5-15)28(2)3)13-29-22(12-26-23(21)29)16-6-9-19(24)20(25)10-16;5-1(3(7)8)2(6)4(9)10/h4-13H,1-3H3,(H,27,30);1-2,5-6H,(H,7,8)(H,9,10)/t;1-,2-/m.1/s1. The van der Waals surface area contributed by atoms with Crippen LogP contribution in [0.15, 0.2) is 60.9 Å². The molecule has 4 aromatic rings. The highest BCUT2D eigenvalue weighted by Crippen LogP contribution is 2.31. The van der Waals surface area contributed by atoms with E-state index in [1.54, 1.807) is 10.6 Å². The van der Waals surface area contributed by atoms with Gasteiger partial charge in [0.15, 0.2) is 29.5 Å². The third-order valence-corrected chi connectivity index (χ3v) is 5.65. The van der Waals surface area contributed by atoms with Gasteiger partial charge in [-0.3, -0.25) is 9.20 Å². The van der Waals surface area contributed by atoms with Gasteiger partial charge in [-0.15, -0.1) is 0 Å². The summed E-state index contributed by atoms with van der Waals surface area (Å²) >= 11 is 0. The molecule has 2 atom stereocenters. The van der Waals surface area contributed by atoms with Gasteiger partial charge in [0, 0.05) is 44.0 Å². The quantitative estimate of drug-likeness (QED) is 0.230. The number of aromatic nitrogens is 2. The number of nitrogens with zero attached hydrogens (tertiary/aromatic N) is 3. The molecule has 0 bridgehead atoms. The molecule has 1 amide bonds. The minimum Gasteiger partial charge on any atom is -0.479 e. The Morgan fingerprint density at radius 2 is 1.45 bits per heavy atom. The van der Waals surface area contributed by atoms with Gasteiger partial charge in [0.25, 0.3) is 0 Å². The summed E-state index contributed by atoms with van der Waals surface area (Å²) < 4.78 is 29.0. The Hall–Kier alpha value is -4.88. The molecule has 2 aromatic carbocycles. The van der Waals surface area contributed by atoms with Gasteiger partial charge in [0.05, 0.1) is 17.6 Å². The molecule has 11 nitrogen and oxygen atoms in total. The number of carboxylic acids is 2. The Kier molecular flexibility index (Phi) is 9.14. The van der Waals surface area contributed by atoms with E-state index in [4.69, 9.17) is 20.4 Å². The Morgan fingerprint density at radius 3 is 1.95 bits per heavy atom. The summed E-state index contributed by atoms with van der Waals surface area (Å²) in [6.07, 6.45) is -1.09. The highest BCUT2D eigenvalue weighted by Gasteiger charge is 2.29. The lowest BCUT2D eigenvalue weighted by molar-refractivity contribution is -0.165. The molecule has 2 aromatic heterocycles. The minimum atomic E-state index is -2.27. The van der Waals surface area contributed by atoms with E-state index in [0.717, 1.165) is 28.9 Å². The third-order valence-electron chi connectivity index (χ3n) is 5.65. The van der Waals surface area contributed by atoms with Crippen LogP contribution >= 0.6 is 0 Å². The van der Waals surface area contributed by atoms with E-state index in [2.05, 4.69) is 10.3 Å². The van der Waals surface area contributed by atoms with E-state index in [1.807, 2.05) is 55.5 Å². The SMILES string of the molecule is CC(=O)Nc1cc(-c2ccc(N(C)C)cc2)cn2c(-c3ccc(F)c(F)c3)cnc12.O=C(O)[C@H](O)[C@@H](O)C(=O)O. The number of imidazole rings is 1. The Labute approximate surface area is 226 Å². The van der Waals surface area contributed by atoms with E-state index in [-0.39, 0.29) is 5.91 Å². The zero-order valence-corrected chi connectivity index (χ0v) is 21.5. The highest BCUT2D eigenvalue weighted by atomic mass is 19.2. The van der Waals surface area contributed by atoms with Crippen LogP contribution in [0.25, 0.3) is 28.0 Å². The summed E-state index contributed by atoms with van der Waals surface area (Å²) in [5.41, 5.74) is 4.96. The molecule has 5 N–H and O–H groups in total. The molecule has 210 valence electrons. The first kappa shape index (κ1) is 29.7. The summed E-state index contributed by atoms with van der Waals surface area (Å²) in [5.74, 6) is -5.60. The molecular weight excluding hydrogens is 530 g/mol. The lowest BCUT2D eigenvalue weighted by atomic mass is 10.1. The van der Waals surface area contributed by atoms with Gasteiger partial charge >= 0.3 is 11.9 Å². The maximum atomic E-state index is 13.8. The topological polar surface area (TPSA) is 165 Å². The summed E-state index contributed by atoms with van der Waals surface area (Å²) in [7, 11) is 3.94. The van der Waals surface area contributed by atoms with Crippen molar-refractivity contribution in [2.45, 2.75) is 19.1 Å². The lowest BCUT2D eigenvalue weighted by Gasteiger charge is -2.14. The smallest absolute Gasteiger partial charge is 0.335 e. The molecule has 4 rings (SSSR count). The van der Waals surface area contributed by atoms with Crippen molar-refractivity contribution in [2.75, 3.05) is 24.3 Å². The second-order valence-electron chi connectivity index (χ2n) is 8.80. The molecule has 0 spiro atoms. The van der Waals surface area contributed by atoms with Gasteiger partial charge in [-0.05, 0) is 42.0 Å². The number of aliphatic hydroxyl groups excluding tert-OH is 2. The Balaban J connectivity index is 0.000000378. The van der Waals surface area contributed by atoms with Crippen LogP contribution in [-0.2, 0) is 14.4 Å². The summed E-state index contributed by atoms with van der Waals surface area (Å²) in [6, 6.07) is 13.5. The fraction of sp³-hybridized carbons (Fsp3) is 0.185. The number of rotatable bonds is 7. The molecule has 0 fully saturated rings. The number of carboxylic acid groups (broad SMARTS) is 2. The van der Waals surface area contributed by atoms with Gasteiger partial charge in [0.2, 0.25) is 5.91 Å². The average molecular weight is 557 g/mol. The van der Waals surface area contributed by atoms with Gasteiger partial charge in [-0.25, -0.2) is 23.4 Å². The zero-order valence-electron chi connectivity index (χ0n) is 21.5. The van der Waals surface area contributed by atoms with Gasteiger partial charge < -0.3 is 30.6 Å². The highest BCUT2D eigenvalue weighted by molar-refractivity contribution is 5.94. The number of hydrogen-bond donors (Lipinski definition) is 5. The molecule has 0 saturated carbocycles. The Bertz CT molecular complexity index is 1540. The lowest BCUT2D eigenvalue weighted by Crippen LogP contribution is -2.39. The normalized spacial score (nSPS) is 12.2. The number of benzene rings is 2. The van der Waals surface area contributed by atoms with Crippen molar-refractivity contribution < 1.29 is 43.6 Å². The van der Waals surface area contributed by atoms with E-state index in [0.29, 0.717) is 22.6 Å². The number of carbonyl (C=O) groups excluding carboxylic acids is 1. The molecular formula is C27H26F2N4O7. The first-order valence-corrected chi connectivity index (χ1v) is 11.6. The first-order valence-electron chi connectivity index (χ1n) is 11.6.